The lowest BCUT2D eigenvalue weighted by Crippen LogP contribution is -2.03. The zero-order valence-corrected chi connectivity index (χ0v) is 17.1. The highest BCUT2D eigenvalue weighted by Gasteiger charge is 2.17. The third-order valence-corrected chi connectivity index (χ3v) is 4.78. The first kappa shape index (κ1) is 18.9. The van der Waals surface area contributed by atoms with Crippen LogP contribution in [0.2, 0.25) is 0 Å². The van der Waals surface area contributed by atoms with Crippen LogP contribution in [0, 0.1) is 20.8 Å². The molecule has 29 heavy (non-hydrogen) atoms. The van der Waals surface area contributed by atoms with E-state index in [1.165, 1.54) is 0 Å². The highest BCUT2D eigenvalue weighted by atomic mass is 16.5. The molecule has 7 heteroatoms. The van der Waals surface area contributed by atoms with E-state index >= 15 is 0 Å². The number of nitrogens with zero attached hydrogens (tertiary/aromatic N) is 2. The van der Waals surface area contributed by atoms with Crippen LogP contribution in [0.1, 0.15) is 22.8 Å². The maximum Gasteiger partial charge on any atom is 0.176 e. The first-order chi connectivity index (χ1) is 14.0. The zero-order chi connectivity index (χ0) is 20.5. The first-order valence-electron chi connectivity index (χ1n) is 9.28. The number of furan rings is 1. The van der Waals surface area contributed by atoms with Crippen molar-refractivity contribution in [2.75, 3.05) is 19.5 Å². The number of anilines is 1. The molecule has 0 radical (unpaired) electrons. The topological polar surface area (TPSA) is 82.5 Å². The molecule has 0 aliphatic heterocycles. The van der Waals surface area contributed by atoms with Gasteiger partial charge in [-0.05, 0) is 50.6 Å². The largest absolute Gasteiger partial charge is 0.497 e. The van der Waals surface area contributed by atoms with Crippen molar-refractivity contribution in [1.29, 1.82) is 0 Å². The molecule has 0 unspecified atom stereocenters. The second kappa shape index (κ2) is 7.50. The van der Waals surface area contributed by atoms with Crippen molar-refractivity contribution in [3.63, 3.8) is 0 Å². The van der Waals surface area contributed by atoms with E-state index in [-0.39, 0.29) is 0 Å². The lowest BCUT2D eigenvalue weighted by molar-refractivity contribution is 0.393. The highest BCUT2D eigenvalue weighted by Crippen LogP contribution is 2.33. The molecule has 0 aliphatic carbocycles. The number of fused-ring (bicyclic) bond motifs is 1. The van der Waals surface area contributed by atoms with Gasteiger partial charge in [-0.2, -0.15) is 0 Å². The smallest absolute Gasteiger partial charge is 0.176 e. The predicted octanol–water partition coefficient (Wildman–Crippen LogP) is 5.04. The minimum atomic E-state index is 0.528. The van der Waals surface area contributed by atoms with Crippen molar-refractivity contribution >= 4 is 16.8 Å². The van der Waals surface area contributed by atoms with Gasteiger partial charge in [-0.1, -0.05) is 5.16 Å². The van der Waals surface area contributed by atoms with Gasteiger partial charge in [-0.25, -0.2) is 4.98 Å². The van der Waals surface area contributed by atoms with Gasteiger partial charge in [0.25, 0.3) is 0 Å². The van der Waals surface area contributed by atoms with Crippen molar-refractivity contribution < 1.29 is 18.4 Å². The summed E-state index contributed by atoms with van der Waals surface area (Å²) in [4.78, 5) is 4.81. The number of aryl methyl sites for hydroxylation is 3. The Morgan fingerprint density at radius 1 is 0.966 bits per heavy atom. The third-order valence-electron chi connectivity index (χ3n) is 4.78. The van der Waals surface area contributed by atoms with Crippen molar-refractivity contribution in [3.8, 4) is 22.8 Å². The number of aromatic nitrogens is 2. The van der Waals surface area contributed by atoms with E-state index in [1.807, 2.05) is 51.1 Å². The Morgan fingerprint density at radius 3 is 2.31 bits per heavy atom. The van der Waals surface area contributed by atoms with Gasteiger partial charge in [0.15, 0.2) is 11.4 Å². The van der Waals surface area contributed by atoms with Gasteiger partial charge in [0.2, 0.25) is 0 Å². The third kappa shape index (κ3) is 3.63. The number of rotatable bonds is 6. The fourth-order valence-corrected chi connectivity index (χ4v) is 3.43. The average Bonchev–Trinajstić information content (AvgIpc) is 3.26. The molecule has 3 heterocycles. The molecule has 0 amide bonds. The predicted molar refractivity (Wildman–Crippen MR) is 111 cm³/mol. The fraction of sp³-hybridized carbons (Fsp3) is 0.273. The maximum atomic E-state index is 5.90. The summed E-state index contributed by atoms with van der Waals surface area (Å²) in [5, 5.41) is 8.42. The van der Waals surface area contributed by atoms with Crippen molar-refractivity contribution in [1.82, 2.24) is 10.1 Å². The van der Waals surface area contributed by atoms with Crippen LogP contribution in [0.25, 0.3) is 22.2 Å². The summed E-state index contributed by atoms with van der Waals surface area (Å²) in [7, 11) is 3.27. The van der Waals surface area contributed by atoms with Gasteiger partial charge in [0.05, 0.1) is 31.2 Å². The van der Waals surface area contributed by atoms with E-state index in [9.17, 15) is 0 Å². The van der Waals surface area contributed by atoms with Crippen molar-refractivity contribution in [2.24, 2.45) is 0 Å². The van der Waals surface area contributed by atoms with Crippen LogP contribution in [0.15, 0.2) is 39.3 Å². The second-order valence-electron chi connectivity index (χ2n) is 6.91. The summed E-state index contributed by atoms with van der Waals surface area (Å²) < 4.78 is 21.9. The van der Waals surface area contributed by atoms with E-state index in [2.05, 4.69) is 10.5 Å². The van der Waals surface area contributed by atoms with Crippen LogP contribution in [-0.2, 0) is 6.54 Å². The van der Waals surface area contributed by atoms with Gasteiger partial charge in [-0.15, -0.1) is 0 Å². The van der Waals surface area contributed by atoms with E-state index < -0.39 is 0 Å². The molecule has 0 saturated heterocycles. The average molecular weight is 393 g/mol. The van der Waals surface area contributed by atoms with Gasteiger partial charge < -0.3 is 23.7 Å². The molecule has 1 aromatic carbocycles. The lowest BCUT2D eigenvalue weighted by Gasteiger charge is -2.11. The lowest BCUT2D eigenvalue weighted by atomic mass is 10.1. The van der Waals surface area contributed by atoms with Gasteiger partial charge in [0, 0.05) is 18.0 Å². The van der Waals surface area contributed by atoms with Crippen LogP contribution in [0.5, 0.6) is 11.5 Å². The van der Waals surface area contributed by atoms with Crippen LogP contribution in [0.3, 0.4) is 0 Å². The van der Waals surface area contributed by atoms with Crippen molar-refractivity contribution in [3.05, 3.63) is 53.1 Å². The number of hydrogen-bond donors (Lipinski definition) is 1. The molecule has 0 fully saturated rings. The number of benzene rings is 1. The summed E-state index contributed by atoms with van der Waals surface area (Å²) in [6.07, 6.45) is 0. The second-order valence-corrected chi connectivity index (χ2v) is 6.91. The molecule has 0 aliphatic rings. The minimum absolute atomic E-state index is 0.528. The Labute approximate surface area is 168 Å². The molecule has 7 nitrogen and oxygen atoms in total. The fourth-order valence-electron chi connectivity index (χ4n) is 3.43. The Bertz CT molecular complexity index is 1130. The molecule has 150 valence electrons. The van der Waals surface area contributed by atoms with E-state index in [4.69, 9.17) is 23.4 Å². The molecule has 0 bridgehead atoms. The summed E-state index contributed by atoms with van der Waals surface area (Å²) in [6, 6.07) is 9.75. The summed E-state index contributed by atoms with van der Waals surface area (Å²) in [5.41, 5.74) is 4.21. The van der Waals surface area contributed by atoms with E-state index in [0.717, 1.165) is 50.9 Å². The number of nitrogens with one attached hydrogen (secondary N) is 1. The molecule has 4 aromatic rings. The Hall–Kier alpha value is -3.48. The molecule has 4 rings (SSSR count). The summed E-state index contributed by atoms with van der Waals surface area (Å²) in [5.74, 6) is 3.68. The van der Waals surface area contributed by atoms with Crippen LogP contribution >= 0.6 is 0 Å². The molecule has 0 atom stereocenters. The van der Waals surface area contributed by atoms with E-state index in [0.29, 0.717) is 17.9 Å². The Balaban J connectivity index is 1.73. The normalized spacial score (nSPS) is 11.1. The zero-order valence-electron chi connectivity index (χ0n) is 17.1. The number of pyridine rings is 1. The van der Waals surface area contributed by atoms with Crippen LogP contribution in [-0.4, -0.2) is 24.4 Å². The quantitative estimate of drug-likeness (QED) is 0.491. The van der Waals surface area contributed by atoms with Gasteiger partial charge in [-0.3, -0.25) is 0 Å². The van der Waals surface area contributed by atoms with Gasteiger partial charge >= 0.3 is 0 Å². The number of ether oxygens (including phenoxy) is 2. The SMILES string of the molecule is COc1cc(CNc2nc(-c3c(C)noc3C)cc3cc(C)oc23)cc(OC)c1. The molecular formula is C22H23N3O4. The van der Waals surface area contributed by atoms with E-state index in [1.54, 1.807) is 14.2 Å². The van der Waals surface area contributed by atoms with Crippen LogP contribution in [0.4, 0.5) is 5.82 Å². The standard InChI is InChI=1S/C22H23N3O4/c1-12-6-16-9-19(20-13(2)25-29-14(20)3)24-22(21(16)28-12)23-11-15-7-17(26-4)10-18(8-15)27-5/h6-10H,11H2,1-5H3,(H,23,24). The van der Waals surface area contributed by atoms with Crippen LogP contribution < -0.4 is 14.8 Å². The molecule has 0 saturated carbocycles. The number of methoxy groups -OCH3 is 2. The Morgan fingerprint density at radius 2 is 1.69 bits per heavy atom. The Kier molecular flexibility index (Phi) is 4.88. The monoisotopic (exact) mass is 393 g/mol. The van der Waals surface area contributed by atoms with Gasteiger partial charge in [0.1, 0.15) is 23.0 Å². The number of hydrogen-bond acceptors (Lipinski definition) is 7. The molecular weight excluding hydrogens is 370 g/mol. The molecule has 3 aromatic heterocycles. The maximum absolute atomic E-state index is 5.90. The minimum Gasteiger partial charge on any atom is -0.497 e. The highest BCUT2D eigenvalue weighted by molar-refractivity contribution is 5.91. The summed E-state index contributed by atoms with van der Waals surface area (Å²) >= 11 is 0. The van der Waals surface area contributed by atoms with Crippen molar-refractivity contribution in [2.45, 2.75) is 27.3 Å². The summed E-state index contributed by atoms with van der Waals surface area (Å²) in [6.45, 7) is 6.25. The molecule has 0 spiro atoms. The molecule has 1 N–H and O–H groups in total. The first-order valence-corrected chi connectivity index (χ1v) is 9.28.